The van der Waals surface area contributed by atoms with E-state index in [-0.39, 0.29) is 6.61 Å². The summed E-state index contributed by atoms with van der Waals surface area (Å²) in [6, 6.07) is 3.83. The lowest BCUT2D eigenvalue weighted by atomic mass is 10.1. The Morgan fingerprint density at radius 1 is 1.50 bits per heavy atom. The average Bonchev–Trinajstić information content (AvgIpc) is 2.31. The van der Waals surface area contributed by atoms with E-state index in [4.69, 9.17) is 5.11 Å². The summed E-state index contributed by atoms with van der Waals surface area (Å²) in [6.45, 7) is 5.71. The van der Waals surface area contributed by atoms with E-state index < -0.39 is 0 Å². The molecule has 0 aliphatic carbocycles. The van der Waals surface area contributed by atoms with Gasteiger partial charge in [-0.3, -0.25) is 4.98 Å². The van der Waals surface area contributed by atoms with E-state index in [0.717, 1.165) is 17.7 Å². The Balaban J connectivity index is 2.77. The van der Waals surface area contributed by atoms with Crippen LogP contribution in [0.15, 0.2) is 54.8 Å². The molecule has 84 valence electrons. The van der Waals surface area contributed by atoms with Gasteiger partial charge in [0.15, 0.2) is 0 Å². The molecule has 0 unspecified atom stereocenters. The van der Waals surface area contributed by atoms with Crippen molar-refractivity contribution in [2.75, 3.05) is 0 Å². The number of rotatable bonds is 5. The van der Waals surface area contributed by atoms with Crippen LogP contribution in [0, 0.1) is 0 Å². The molecule has 2 heteroatoms. The first-order valence-electron chi connectivity index (χ1n) is 5.29. The van der Waals surface area contributed by atoms with Gasteiger partial charge in [-0.1, -0.05) is 36.9 Å². The Kier molecular flexibility index (Phi) is 5.23. The number of aromatic nitrogens is 1. The van der Waals surface area contributed by atoms with Crippen LogP contribution in [0.25, 0.3) is 0 Å². The summed E-state index contributed by atoms with van der Waals surface area (Å²) in [5.41, 5.74) is 2.99. The lowest BCUT2D eigenvalue weighted by Gasteiger charge is -2.02. The van der Waals surface area contributed by atoms with Gasteiger partial charge in [0, 0.05) is 18.3 Å². The first-order valence-corrected chi connectivity index (χ1v) is 5.29. The molecule has 1 aromatic heterocycles. The highest BCUT2D eigenvalue weighted by Crippen LogP contribution is 2.08. The summed E-state index contributed by atoms with van der Waals surface area (Å²) in [6.07, 6.45) is 10.3. The third kappa shape index (κ3) is 3.83. The zero-order chi connectivity index (χ0) is 11.8. The molecule has 0 saturated carbocycles. The fraction of sp³-hybridized carbons (Fsp3) is 0.214. The second-order valence-electron chi connectivity index (χ2n) is 3.47. The molecule has 1 aromatic rings. The lowest BCUT2D eigenvalue weighted by molar-refractivity contribution is 0.281. The van der Waals surface area contributed by atoms with Gasteiger partial charge in [-0.15, -0.1) is 0 Å². The van der Waals surface area contributed by atoms with E-state index in [0.29, 0.717) is 0 Å². The summed E-state index contributed by atoms with van der Waals surface area (Å²) in [5, 5.41) is 8.90. The monoisotopic (exact) mass is 215 g/mol. The Bertz CT molecular complexity index is 388. The van der Waals surface area contributed by atoms with Crippen molar-refractivity contribution in [2.24, 2.45) is 0 Å². The molecule has 1 heterocycles. The van der Waals surface area contributed by atoms with Gasteiger partial charge in [0.2, 0.25) is 0 Å². The van der Waals surface area contributed by atoms with E-state index in [1.54, 1.807) is 12.3 Å². The molecule has 0 spiro atoms. The topological polar surface area (TPSA) is 33.1 Å². The van der Waals surface area contributed by atoms with E-state index in [1.807, 2.05) is 37.3 Å². The summed E-state index contributed by atoms with van der Waals surface area (Å²) >= 11 is 0. The molecule has 0 saturated heterocycles. The molecule has 0 radical (unpaired) electrons. The second kappa shape index (κ2) is 6.75. The number of aliphatic hydroxyl groups excluding tert-OH is 1. The Morgan fingerprint density at radius 3 is 2.81 bits per heavy atom. The normalized spacial score (nSPS) is 12.0. The van der Waals surface area contributed by atoms with Crippen molar-refractivity contribution in [3.8, 4) is 0 Å². The van der Waals surface area contributed by atoms with E-state index in [1.165, 1.54) is 5.57 Å². The van der Waals surface area contributed by atoms with Gasteiger partial charge in [-0.2, -0.15) is 0 Å². The van der Waals surface area contributed by atoms with Crippen LogP contribution in [-0.2, 0) is 13.0 Å². The first-order chi connectivity index (χ1) is 7.80. The molecule has 0 aliphatic rings. The van der Waals surface area contributed by atoms with Crippen molar-refractivity contribution in [3.63, 3.8) is 0 Å². The third-order valence-corrected chi connectivity index (χ3v) is 2.17. The van der Waals surface area contributed by atoms with Crippen molar-refractivity contribution in [1.82, 2.24) is 4.98 Å². The van der Waals surface area contributed by atoms with Crippen LogP contribution in [0.1, 0.15) is 18.2 Å². The fourth-order valence-corrected chi connectivity index (χ4v) is 1.40. The maximum absolute atomic E-state index is 8.90. The van der Waals surface area contributed by atoms with Gasteiger partial charge in [0.25, 0.3) is 0 Å². The number of allylic oxidation sites excluding steroid dienone is 5. The van der Waals surface area contributed by atoms with Crippen molar-refractivity contribution < 1.29 is 5.11 Å². The number of pyridine rings is 1. The molecule has 1 rings (SSSR count). The number of hydrogen-bond acceptors (Lipinski definition) is 2. The highest BCUT2D eigenvalue weighted by Gasteiger charge is 1.98. The molecular weight excluding hydrogens is 198 g/mol. The zero-order valence-corrected chi connectivity index (χ0v) is 9.56. The minimum absolute atomic E-state index is 0.0392. The summed E-state index contributed by atoms with van der Waals surface area (Å²) in [4.78, 5) is 4.28. The molecule has 2 nitrogen and oxygen atoms in total. The van der Waals surface area contributed by atoms with Crippen LogP contribution < -0.4 is 0 Å². The van der Waals surface area contributed by atoms with Gasteiger partial charge in [-0.05, 0) is 24.1 Å². The standard InChI is InChI=1S/C14H17NO/c1-3-5-12(6-4-2)9-14-8-7-13(11-16)10-15-14/h3-8,10,16H,1,9,11H2,2H3/b6-4-,12-5+. The highest BCUT2D eigenvalue weighted by atomic mass is 16.3. The van der Waals surface area contributed by atoms with Gasteiger partial charge < -0.3 is 5.11 Å². The molecule has 16 heavy (non-hydrogen) atoms. The van der Waals surface area contributed by atoms with Gasteiger partial charge >= 0.3 is 0 Å². The lowest BCUT2D eigenvalue weighted by Crippen LogP contribution is -1.93. The maximum Gasteiger partial charge on any atom is 0.0696 e. The minimum Gasteiger partial charge on any atom is -0.392 e. The highest BCUT2D eigenvalue weighted by molar-refractivity contribution is 5.28. The Morgan fingerprint density at radius 2 is 2.31 bits per heavy atom. The molecule has 1 N–H and O–H groups in total. The van der Waals surface area contributed by atoms with E-state index >= 15 is 0 Å². The Hall–Kier alpha value is -1.67. The summed E-state index contributed by atoms with van der Waals surface area (Å²) < 4.78 is 0. The summed E-state index contributed by atoms with van der Waals surface area (Å²) in [5.74, 6) is 0. The van der Waals surface area contributed by atoms with Crippen LogP contribution >= 0.6 is 0 Å². The predicted molar refractivity (Wildman–Crippen MR) is 67.0 cm³/mol. The van der Waals surface area contributed by atoms with Gasteiger partial charge in [0.1, 0.15) is 0 Å². The molecule has 0 bridgehead atoms. The average molecular weight is 215 g/mol. The van der Waals surface area contributed by atoms with Crippen molar-refractivity contribution in [3.05, 3.63) is 66.0 Å². The quantitative estimate of drug-likeness (QED) is 0.766. The molecule has 0 aliphatic heterocycles. The van der Waals surface area contributed by atoms with Gasteiger partial charge in [-0.25, -0.2) is 0 Å². The van der Waals surface area contributed by atoms with Crippen LogP contribution in [0.2, 0.25) is 0 Å². The SMILES string of the molecule is C=C/C=C(\C=C/C)Cc1ccc(CO)cn1. The first kappa shape index (κ1) is 12.4. The molecular formula is C14H17NO. The number of aliphatic hydroxyl groups is 1. The Labute approximate surface area is 96.7 Å². The second-order valence-corrected chi connectivity index (χ2v) is 3.47. The van der Waals surface area contributed by atoms with Crippen LogP contribution in [0.5, 0.6) is 0 Å². The van der Waals surface area contributed by atoms with Gasteiger partial charge in [0.05, 0.1) is 6.61 Å². The number of hydrogen-bond donors (Lipinski definition) is 1. The van der Waals surface area contributed by atoms with Crippen LogP contribution in [0.3, 0.4) is 0 Å². The zero-order valence-electron chi connectivity index (χ0n) is 9.56. The molecule has 0 amide bonds. The molecule has 0 atom stereocenters. The van der Waals surface area contributed by atoms with Crippen molar-refractivity contribution in [1.29, 1.82) is 0 Å². The van der Waals surface area contributed by atoms with Crippen molar-refractivity contribution in [2.45, 2.75) is 20.0 Å². The molecule has 0 aromatic carbocycles. The smallest absolute Gasteiger partial charge is 0.0696 e. The molecule has 0 fully saturated rings. The van der Waals surface area contributed by atoms with Crippen LogP contribution in [0.4, 0.5) is 0 Å². The van der Waals surface area contributed by atoms with E-state index in [9.17, 15) is 0 Å². The number of nitrogens with zero attached hydrogens (tertiary/aromatic N) is 1. The summed E-state index contributed by atoms with van der Waals surface area (Å²) in [7, 11) is 0. The minimum atomic E-state index is 0.0392. The third-order valence-electron chi connectivity index (χ3n) is 2.17. The fourth-order valence-electron chi connectivity index (χ4n) is 1.40. The largest absolute Gasteiger partial charge is 0.392 e. The maximum atomic E-state index is 8.90. The van der Waals surface area contributed by atoms with Crippen LogP contribution in [-0.4, -0.2) is 10.1 Å². The predicted octanol–water partition coefficient (Wildman–Crippen LogP) is 2.80. The van der Waals surface area contributed by atoms with Crippen molar-refractivity contribution >= 4 is 0 Å². The van der Waals surface area contributed by atoms with E-state index in [2.05, 4.69) is 11.6 Å².